The molecule has 5 atom stereocenters. The first-order chi connectivity index (χ1) is 11.3. The van der Waals surface area contributed by atoms with E-state index in [0.717, 1.165) is 12.8 Å². The van der Waals surface area contributed by atoms with Gasteiger partial charge in [0.25, 0.3) is 0 Å². The van der Waals surface area contributed by atoms with Gasteiger partial charge in [-0.2, -0.15) is 0 Å². The molecule has 0 aromatic rings. The van der Waals surface area contributed by atoms with Gasteiger partial charge in [-0.15, -0.1) is 0 Å². The van der Waals surface area contributed by atoms with Crippen LogP contribution in [0.1, 0.15) is 47.0 Å². The molecule has 0 aliphatic carbocycles. The summed E-state index contributed by atoms with van der Waals surface area (Å²) < 4.78 is 26.9. The molecule has 1 heterocycles. The molecule has 24 heavy (non-hydrogen) atoms. The highest BCUT2D eigenvalue weighted by molar-refractivity contribution is 5.68. The Hall–Kier alpha value is -1.67. The number of ether oxygens (including phenoxy) is 5. The molecule has 1 saturated heterocycles. The van der Waals surface area contributed by atoms with E-state index in [1.165, 1.54) is 27.9 Å². The van der Waals surface area contributed by atoms with Gasteiger partial charge in [-0.05, 0) is 6.42 Å². The van der Waals surface area contributed by atoms with E-state index in [9.17, 15) is 14.4 Å². The van der Waals surface area contributed by atoms with E-state index < -0.39 is 48.6 Å². The Morgan fingerprint density at radius 1 is 0.875 bits per heavy atom. The van der Waals surface area contributed by atoms with Crippen molar-refractivity contribution in [3.05, 3.63) is 0 Å². The molecular formula is C16H26O8. The molecule has 0 aromatic carbocycles. The van der Waals surface area contributed by atoms with E-state index in [-0.39, 0.29) is 0 Å². The zero-order valence-corrected chi connectivity index (χ0v) is 14.8. The smallest absolute Gasteiger partial charge is 0.303 e. The molecule has 138 valence electrons. The molecule has 8 heteroatoms. The number of methoxy groups -OCH3 is 1. The zero-order chi connectivity index (χ0) is 18.3. The van der Waals surface area contributed by atoms with Crippen LogP contribution in [0.25, 0.3) is 0 Å². The number of carbonyl (C=O) groups is 3. The monoisotopic (exact) mass is 346 g/mol. The predicted molar refractivity (Wildman–Crippen MR) is 81.9 cm³/mol. The van der Waals surface area contributed by atoms with Crippen molar-refractivity contribution in [1.82, 2.24) is 0 Å². The Balaban J connectivity index is 3.15. The molecule has 1 fully saturated rings. The Morgan fingerprint density at radius 3 is 1.83 bits per heavy atom. The van der Waals surface area contributed by atoms with Gasteiger partial charge in [0.05, 0.1) is 0 Å². The van der Waals surface area contributed by atoms with Gasteiger partial charge in [0.1, 0.15) is 6.10 Å². The summed E-state index contributed by atoms with van der Waals surface area (Å²) >= 11 is 0. The molecule has 0 spiro atoms. The first kappa shape index (κ1) is 20.4. The summed E-state index contributed by atoms with van der Waals surface area (Å²) in [6.07, 6.45) is -2.05. The number of hydrogen-bond donors (Lipinski definition) is 0. The summed E-state index contributed by atoms with van der Waals surface area (Å²) in [5, 5.41) is 0. The third-order valence-corrected chi connectivity index (χ3v) is 3.57. The summed E-state index contributed by atoms with van der Waals surface area (Å²) in [5.74, 6) is -1.71. The van der Waals surface area contributed by atoms with Crippen LogP contribution in [0.2, 0.25) is 0 Å². The number of unbranched alkanes of at least 4 members (excludes halogenated alkanes) is 1. The van der Waals surface area contributed by atoms with Gasteiger partial charge < -0.3 is 23.7 Å². The minimum absolute atomic E-state index is 0.532. The second kappa shape index (κ2) is 9.58. The average Bonchev–Trinajstić information content (AvgIpc) is 2.48. The molecule has 1 rings (SSSR count). The molecule has 0 bridgehead atoms. The quantitative estimate of drug-likeness (QED) is 0.503. The van der Waals surface area contributed by atoms with Crippen molar-refractivity contribution in [3.63, 3.8) is 0 Å². The molecule has 0 N–H and O–H groups in total. The molecule has 0 unspecified atom stereocenters. The Bertz CT molecular complexity index is 449. The third-order valence-electron chi connectivity index (χ3n) is 3.57. The highest BCUT2D eigenvalue weighted by Gasteiger charge is 2.51. The van der Waals surface area contributed by atoms with Crippen LogP contribution in [0.15, 0.2) is 0 Å². The van der Waals surface area contributed by atoms with E-state index in [4.69, 9.17) is 23.7 Å². The van der Waals surface area contributed by atoms with Crippen molar-refractivity contribution < 1.29 is 38.1 Å². The topological polar surface area (TPSA) is 97.4 Å². The molecular weight excluding hydrogens is 320 g/mol. The van der Waals surface area contributed by atoms with E-state index in [1.807, 2.05) is 6.92 Å². The summed E-state index contributed by atoms with van der Waals surface area (Å²) in [6, 6.07) is 0. The van der Waals surface area contributed by atoms with Crippen LogP contribution in [-0.2, 0) is 38.1 Å². The maximum Gasteiger partial charge on any atom is 0.303 e. The fraction of sp³-hybridized carbons (Fsp3) is 0.812. The van der Waals surface area contributed by atoms with Crippen molar-refractivity contribution in [2.75, 3.05) is 7.11 Å². The minimum Gasteiger partial charge on any atom is -0.456 e. The lowest BCUT2D eigenvalue weighted by atomic mass is 9.94. The number of carbonyl (C=O) groups excluding carboxylic acids is 3. The highest BCUT2D eigenvalue weighted by atomic mass is 16.7. The van der Waals surface area contributed by atoms with E-state index in [2.05, 4.69) is 0 Å². The molecule has 0 amide bonds. The number of rotatable bonds is 7. The first-order valence-corrected chi connectivity index (χ1v) is 8.00. The lowest BCUT2D eigenvalue weighted by Crippen LogP contribution is -2.61. The van der Waals surface area contributed by atoms with Gasteiger partial charge >= 0.3 is 17.9 Å². The SMILES string of the molecule is CCCC[C@@H]1O[C@@H](OC)[C@@H](OC(C)=O)[C@@H](OC(C)=O)[C@@H]1OC(C)=O. The Morgan fingerprint density at radius 2 is 1.38 bits per heavy atom. The largest absolute Gasteiger partial charge is 0.456 e. The van der Waals surface area contributed by atoms with Crippen LogP contribution in [0.4, 0.5) is 0 Å². The highest BCUT2D eigenvalue weighted by Crippen LogP contribution is 2.31. The van der Waals surface area contributed by atoms with Crippen LogP contribution in [0, 0.1) is 0 Å². The van der Waals surface area contributed by atoms with Gasteiger partial charge in [0, 0.05) is 27.9 Å². The fourth-order valence-corrected chi connectivity index (χ4v) is 2.68. The molecule has 1 aliphatic heterocycles. The van der Waals surface area contributed by atoms with Gasteiger partial charge in [-0.1, -0.05) is 19.8 Å². The van der Waals surface area contributed by atoms with Crippen molar-refractivity contribution in [2.24, 2.45) is 0 Å². The van der Waals surface area contributed by atoms with Crippen molar-refractivity contribution >= 4 is 17.9 Å². The maximum atomic E-state index is 11.5. The van der Waals surface area contributed by atoms with Crippen molar-refractivity contribution in [2.45, 2.75) is 77.7 Å². The van der Waals surface area contributed by atoms with E-state index >= 15 is 0 Å². The third kappa shape index (κ3) is 5.76. The van der Waals surface area contributed by atoms with Gasteiger partial charge in [0.15, 0.2) is 24.6 Å². The van der Waals surface area contributed by atoms with Gasteiger partial charge in [0.2, 0.25) is 0 Å². The second-order valence-electron chi connectivity index (χ2n) is 5.64. The van der Waals surface area contributed by atoms with Crippen molar-refractivity contribution in [3.8, 4) is 0 Å². The lowest BCUT2D eigenvalue weighted by Gasteiger charge is -2.44. The number of esters is 3. The Labute approximate surface area is 141 Å². The molecule has 1 aliphatic rings. The summed E-state index contributed by atoms with van der Waals surface area (Å²) in [5.41, 5.74) is 0. The Kier molecular flexibility index (Phi) is 8.14. The number of hydrogen-bond acceptors (Lipinski definition) is 8. The zero-order valence-electron chi connectivity index (χ0n) is 14.8. The van der Waals surface area contributed by atoms with Gasteiger partial charge in [-0.25, -0.2) is 0 Å². The minimum atomic E-state index is -1.03. The maximum absolute atomic E-state index is 11.5. The van der Waals surface area contributed by atoms with E-state index in [1.54, 1.807) is 0 Å². The van der Waals surface area contributed by atoms with Crippen LogP contribution in [0.5, 0.6) is 0 Å². The predicted octanol–water partition coefficient (Wildman–Crippen LogP) is 1.34. The summed E-state index contributed by atoms with van der Waals surface area (Å²) in [6.45, 7) is 5.73. The lowest BCUT2D eigenvalue weighted by molar-refractivity contribution is -0.299. The van der Waals surface area contributed by atoms with Crippen LogP contribution >= 0.6 is 0 Å². The van der Waals surface area contributed by atoms with Crippen molar-refractivity contribution in [1.29, 1.82) is 0 Å². The molecule has 0 saturated carbocycles. The average molecular weight is 346 g/mol. The van der Waals surface area contributed by atoms with Crippen LogP contribution in [-0.4, -0.2) is 55.7 Å². The summed E-state index contributed by atoms with van der Waals surface area (Å²) in [7, 11) is 1.40. The summed E-state index contributed by atoms with van der Waals surface area (Å²) in [4.78, 5) is 34.4. The standard InChI is InChI=1S/C16H26O8/c1-6-7-8-12-13(21-9(2)17)14(22-10(3)18)15(23-11(4)19)16(20-5)24-12/h12-16H,6-8H2,1-5H3/t12-,13+,14-,15-,16+/m0/s1. The molecule has 0 radical (unpaired) electrons. The first-order valence-electron chi connectivity index (χ1n) is 8.00. The van der Waals surface area contributed by atoms with Gasteiger partial charge in [-0.3, -0.25) is 14.4 Å². The van der Waals surface area contributed by atoms with E-state index in [0.29, 0.717) is 6.42 Å². The molecule has 8 nitrogen and oxygen atoms in total. The van der Waals surface area contributed by atoms with Crippen LogP contribution in [0.3, 0.4) is 0 Å². The second-order valence-corrected chi connectivity index (χ2v) is 5.64. The van der Waals surface area contributed by atoms with Crippen LogP contribution < -0.4 is 0 Å². The normalized spacial score (nSPS) is 29.6. The fourth-order valence-electron chi connectivity index (χ4n) is 2.68. The molecule has 0 aromatic heterocycles.